The average Bonchev–Trinajstić information content (AvgIpc) is 3.24. The van der Waals surface area contributed by atoms with Crippen LogP contribution in [0.25, 0.3) is 11.1 Å². The summed E-state index contributed by atoms with van der Waals surface area (Å²) in [6.45, 7) is 8.02. The highest BCUT2D eigenvalue weighted by molar-refractivity contribution is 5.86. The van der Waals surface area contributed by atoms with Crippen LogP contribution in [-0.2, 0) is 16.0 Å². The van der Waals surface area contributed by atoms with Crippen LogP contribution in [0.4, 0.5) is 4.79 Å². The van der Waals surface area contributed by atoms with E-state index in [1.165, 1.54) is 5.06 Å². The lowest BCUT2D eigenvalue weighted by Gasteiger charge is -2.51. The number of alkyl carbamates (subject to hydrolysis) is 1. The van der Waals surface area contributed by atoms with Crippen LogP contribution in [0.1, 0.15) is 63.1 Å². The van der Waals surface area contributed by atoms with E-state index >= 15 is 0 Å². The Balaban J connectivity index is 1.28. The van der Waals surface area contributed by atoms with Crippen molar-refractivity contribution in [2.24, 2.45) is 0 Å². The maximum atomic E-state index is 13.6. The van der Waals surface area contributed by atoms with Gasteiger partial charge in [0.25, 0.3) is 0 Å². The molecule has 3 aromatic rings. The van der Waals surface area contributed by atoms with E-state index in [0.717, 1.165) is 27.8 Å². The number of ether oxygens (including phenoxy) is 1. The Morgan fingerprint density at radius 3 is 1.98 bits per heavy atom. The van der Waals surface area contributed by atoms with E-state index < -0.39 is 23.2 Å². The molecule has 1 aliphatic carbocycles. The third kappa shape index (κ3) is 5.76. The lowest BCUT2D eigenvalue weighted by molar-refractivity contribution is -0.246. The monoisotopic (exact) mass is 541 g/mol. The van der Waals surface area contributed by atoms with Crippen LogP contribution in [0.15, 0.2) is 78.9 Å². The first-order chi connectivity index (χ1) is 19.0. The molecule has 0 spiro atoms. The summed E-state index contributed by atoms with van der Waals surface area (Å²) in [6.07, 6.45) is 0.884. The summed E-state index contributed by atoms with van der Waals surface area (Å²) < 4.78 is 5.76. The number of hydroxylamine groups is 2. The molecule has 1 fully saturated rings. The molecule has 7 heteroatoms. The minimum Gasteiger partial charge on any atom is -0.449 e. The molecule has 3 N–H and O–H groups in total. The molecule has 1 heterocycles. The minimum absolute atomic E-state index is 0.0623. The first-order valence-electron chi connectivity index (χ1n) is 14.0. The lowest BCUT2D eigenvalue weighted by atomic mass is 9.79. The summed E-state index contributed by atoms with van der Waals surface area (Å²) in [7, 11) is 0. The van der Waals surface area contributed by atoms with Crippen molar-refractivity contribution in [2.75, 3.05) is 6.61 Å². The van der Waals surface area contributed by atoms with Gasteiger partial charge in [-0.05, 0) is 68.4 Å². The number of benzene rings is 3. The van der Waals surface area contributed by atoms with Crippen molar-refractivity contribution < 1.29 is 19.5 Å². The molecule has 1 saturated heterocycles. The fraction of sp³-hybridized carbons (Fsp3) is 0.394. The number of carbonyl (C=O) groups excluding carboxylic acids is 2. The molecule has 2 aliphatic rings. The van der Waals surface area contributed by atoms with Crippen LogP contribution < -0.4 is 10.6 Å². The van der Waals surface area contributed by atoms with E-state index in [1.807, 2.05) is 82.3 Å². The minimum atomic E-state index is -0.809. The van der Waals surface area contributed by atoms with Crippen LogP contribution in [-0.4, -0.2) is 52.0 Å². The maximum absolute atomic E-state index is 13.6. The SMILES string of the molecule is CC1(C)CC(NC(=O)[C@@H](Cc2ccccc2)NC(=O)OCC2c3ccccc3-c3ccccc32)CC(C)(C)N1O. The topological polar surface area (TPSA) is 90.9 Å². The van der Waals surface area contributed by atoms with Gasteiger partial charge >= 0.3 is 6.09 Å². The molecule has 210 valence electrons. The number of fused-ring (bicyclic) bond motifs is 3. The fourth-order valence-electron chi connectivity index (χ4n) is 6.52. The highest BCUT2D eigenvalue weighted by Crippen LogP contribution is 2.44. The predicted octanol–water partition coefficient (Wildman–Crippen LogP) is 5.66. The van der Waals surface area contributed by atoms with Crippen LogP contribution in [0.5, 0.6) is 0 Å². The van der Waals surface area contributed by atoms with Gasteiger partial charge in [0.2, 0.25) is 5.91 Å². The first kappa shape index (κ1) is 27.9. The van der Waals surface area contributed by atoms with Gasteiger partial charge in [-0.3, -0.25) is 4.79 Å². The van der Waals surface area contributed by atoms with Crippen LogP contribution in [0.2, 0.25) is 0 Å². The molecule has 0 saturated carbocycles. The second kappa shape index (κ2) is 11.1. The Morgan fingerprint density at radius 2 is 1.40 bits per heavy atom. The summed E-state index contributed by atoms with van der Waals surface area (Å²) in [4.78, 5) is 26.7. The number of nitrogens with zero attached hydrogens (tertiary/aromatic N) is 1. The molecule has 3 aromatic carbocycles. The molecule has 0 radical (unpaired) electrons. The third-order valence-corrected chi connectivity index (χ3v) is 8.22. The molecule has 2 amide bonds. The molecule has 1 atom stereocenters. The predicted molar refractivity (Wildman–Crippen MR) is 155 cm³/mol. The van der Waals surface area contributed by atoms with Crippen molar-refractivity contribution in [3.05, 3.63) is 95.6 Å². The van der Waals surface area contributed by atoms with Gasteiger partial charge < -0.3 is 20.6 Å². The van der Waals surface area contributed by atoms with Crippen LogP contribution in [0, 0.1) is 0 Å². The van der Waals surface area contributed by atoms with Crippen molar-refractivity contribution in [3.8, 4) is 11.1 Å². The smallest absolute Gasteiger partial charge is 0.407 e. The van der Waals surface area contributed by atoms with E-state index in [9.17, 15) is 14.8 Å². The summed E-state index contributed by atoms with van der Waals surface area (Å²) in [5, 5.41) is 18.0. The Morgan fingerprint density at radius 1 is 0.875 bits per heavy atom. The van der Waals surface area contributed by atoms with Gasteiger partial charge in [-0.2, -0.15) is 5.06 Å². The Labute approximate surface area is 236 Å². The quantitative estimate of drug-likeness (QED) is 0.359. The number of rotatable bonds is 7. The summed E-state index contributed by atoms with van der Waals surface area (Å²) in [5.74, 6) is -0.326. The van der Waals surface area contributed by atoms with Crippen molar-refractivity contribution in [2.45, 2.75) is 76.0 Å². The molecule has 40 heavy (non-hydrogen) atoms. The molecular formula is C33H39N3O4. The maximum Gasteiger partial charge on any atom is 0.407 e. The van der Waals surface area contributed by atoms with Crippen molar-refractivity contribution in [1.82, 2.24) is 15.7 Å². The molecule has 5 rings (SSSR count). The Kier molecular flexibility index (Phi) is 7.71. The fourth-order valence-corrected chi connectivity index (χ4v) is 6.52. The van der Waals surface area contributed by atoms with Crippen molar-refractivity contribution >= 4 is 12.0 Å². The molecule has 0 aromatic heterocycles. The van der Waals surface area contributed by atoms with E-state index in [1.54, 1.807) is 0 Å². The normalized spacial score (nSPS) is 18.8. The van der Waals surface area contributed by atoms with Gasteiger partial charge in [0.1, 0.15) is 12.6 Å². The second-order valence-corrected chi connectivity index (χ2v) is 12.3. The number of hydrogen-bond acceptors (Lipinski definition) is 5. The first-order valence-corrected chi connectivity index (χ1v) is 14.0. The second-order valence-electron chi connectivity index (χ2n) is 12.3. The van der Waals surface area contributed by atoms with Gasteiger partial charge in [0.15, 0.2) is 0 Å². The van der Waals surface area contributed by atoms with Gasteiger partial charge in [0, 0.05) is 29.5 Å². The van der Waals surface area contributed by atoms with Crippen molar-refractivity contribution in [1.29, 1.82) is 0 Å². The Hall–Kier alpha value is -3.68. The molecule has 7 nitrogen and oxygen atoms in total. The molecule has 0 unspecified atom stereocenters. The molecule has 0 bridgehead atoms. The average molecular weight is 542 g/mol. The third-order valence-electron chi connectivity index (χ3n) is 8.22. The highest BCUT2D eigenvalue weighted by Gasteiger charge is 2.45. The van der Waals surface area contributed by atoms with E-state index in [2.05, 4.69) is 34.9 Å². The molecular weight excluding hydrogens is 502 g/mol. The summed E-state index contributed by atoms with van der Waals surface area (Å²) in [5.41, 5.74) is 4.52. The van der Waals surface area contributed by atoms with Crippen molar-refractivity contribution in [3.63, 3.8) is 0 Å². The van der Waals surface area contributed by atoms with Gasteiger partial charge in [0.05, 0.1) is 0 Å². The van der Waals surface area contributed by atoms with E-state index in [0.29, 0.717) is 19.3 Å². The lowest BCUT2D eigenvalue weighted by Crippen LogP contribution is -2.64. The zero-order valence-corrected chi connectivity index (χ0v) is 23.7. The van der Waals surface area contributed by atoms with Gasteiger partial charge in [-0.15, -0.1) is 0 Å². The zero-order valence-electron chi connectivity index (χ0n) is 23.7. The van der Waals surface area contributed by atoms with Crippen LogP contribution in [0.3, 0.4) is 0 Å². The number of nitrogens with one attached hydrogen (secondary N) is 2. The number of amides is 2. The van der Waals surface area contributed by atoms with Crippen LogP contribution >= 0.6 is 0 Å². The largest absolute Gasteiger partial charge is 0.449 e. The standard InChI is InChI=1S/C33H39N3O4/c1-32(2)19-23(20-33(3,4)36(32)39)34-30(37)29(18-22-12-6-5-7-13-22)35-31(38)40-21-28-26-16-10-8-14-24(26)25-15-9-11-17-27(25)28/h5-17,23,28-29,39H,18-21H2,1-4H3,(H,34,37)(H,35,38)/t29-/m1/s1. The number of hydrogen-bond donors (Lipinski definition) is 3. The summed E-state index contributed by atoms with van der Waals surface area (Å²) >= 11 is 0. The van der Waals surface area contributed by atoms with E-state index in [4.69, 9.17) is 4.74 Å². The number of piperidine rings is 1. The summed E-state index contributed by atoms with van der Waals surface area (Å²) in [6, 6.07) is 25.1. The zero-order chi connectivity index (χ0) is 28.5. The molecule has 1 aliphatic heterocycles. The highest BCUT2D eigenvalue weighted by atomic mass is 16.5. The Bertz CT molecular complexity index is 1310. The van der Waals surface area contributed by atoms with Gasteiger partial charge in [-0.25, -0.2) is 4.79 Å². The van der Waals surface area contributed by atoms with E-state index in [-0.39, 0.29) is 24.5 Å². The number of carbonyl (C=O) groups is 2. The van der Waals surface area contributed by atoms with Gasteiger partial charge in [-0.1, -0.05) is 78.9 Å².